The Morgan fingerprint density at radius 2 is 0.561 bits per heavy atom. The third kappa shape index (κ3) is 52.4. The third-order valence-electron chi connectivity index (χ3n) is 24.2. The first-order valence-corrected chi connectivity index (χ1v) is 48.2. The Labute approximate surface area is 695 Å². The van der Waals surface area contributed by atoms with Crippen LogP contribution in [0.5, 0.6) is 0 Å². The Bertz CT molecular complexity index is 2190. The zero-order chi connectivity index (χ0) is 82.4. The molecule has 1 amide bonds. The van der Waals surface area contributed by atoms with E-state index in [0.29, 0.717) is 12.8 Å². The summed E-state index contributed by atoms with van der Waals surface area (Å²) in [6.07, 6.45) is 70.5. The minimum Gasteiger partial charge on any atom is -0.394 e. The minimum absolute atomic E-state index is 0.237. The molecule has 0 aliphatic carbocycles. The fourth-order valence-corrected chi connectivity index (χ4v) is 16.5. The number of carbonyl (C=O) groups excluding carboxylic acids is 1. The molecule has 3 heterocycles. The van der Waals surface area contributed by atoms with Crippen molar-refractivity contribution in [1.29, 1.82) is 0 Å². The molecule has 17 atom stereocenters. The van der Waals surface area contributed by atoms with E-state index in [-0.39, 0.29) is 18.9 Å². The van der Waals surface area contributed by atoms with Crippen LogP contribution in [0.25, 0.3) is 0 Å². The maximum Gasteiger partial charge on any atom is 0.220 e. The Balaban J connectivity index is 1.31. The number of hydrogen-bond donors (Lipinski definition) is 12. The van der Waals surface area contributed by atoms with Crippen LogP contribution >= 0.6 is 0 Å². The molecule has 19 heteroatoms. The first-order valence-electron chi connectivity index (χ1n) is 48.2. The summed E-state index contributed by atoms with van der Waals surface area (Å²) in [6, 6.07) is -0.997. The summed E-state index contributed by atoms with van der Waals surface area (Å²) < 4.78 is 34.5. The van der Waals surface area contributed by atoms with E-state index in [2.05, 4.69) is 43.5 Å². The molecular weight excluding hydrogens is 1440 g/mol. The van der Waals surface area contributed by atoms with Gasteiger partial charge in [-0.05, 0) is 44.9 Å². The van der Waals surface area contributed by atoms with Crippen molar-refractivity contribution in [2.24, 2.45) is 0 Å². The molecule has 0 bridgehead atoms. The fourth-order valence-electron chi connectivity index (χ4n) is 16.5. The molecule has 672 valence electrons. The second kappa shape index (κ2) is 74.8. The molecule has 3 rings (SSSR count). The maximum absolute atomic E-state index is 13.5. The second-order valence-corrected chi connectivity index (χ2v) is 34.5. The number of aliphatic hydroxyl groups excluding tert-OH is 11. The highest BCUT2D eigenvalue weighted by atomic mass is 16.8. The number of rotatable bonds is 80. The minimum atomic E-state index is -1.98. The number of allylic oxidation sites excluding steroid dienone is 5. The summed E-state index contributed by atoms with van der Waals surface area (Å²) in [5.74, 6) is -0.280. The van der Waals surface area contributed by atoms with E-state index >= 15 is 0 Å². The summed E-state index contributed by atoms with van der Waals surface area (Å²) in [5, 5.41) is 121. The van der Waals surface area contributed by atoms with E-state index in [1.165, 1.54) is 353 Å². The molecule has 3 aliphatic rings. The van der Waals surface area contributed by atoms with Crippen LogP contribution in [0.15, 0.2) is 36.5 Å². The van der Waals surface area contributed by atoms with E-state index in [1.807, 2.05) is 6.08 Å². The number of ether oxygens (including phenoxy) is 6. The van der Waals surface area contributed by atoms with Crippen molar-refractivity contribution in [3.63, 3.8) is 0 Å². The SMILES string of the molecule is CCCCCCCCCCCCCCCCCCCCCCC/C=C/CC/C=C/CC/C=C/C(O)C(COC1OC(CO)C(OC2OC(CO)C(OC3OC(CO)C(O)C(O)C3O)C(O)C2O)C(O)C1O)NC(=O)CCCCCCCCCCCCCCCCCCCCCCCCCCCCCCCCCCCCCCCC. The molecule has 0 aromatic heterocycles. The van der Waals surface area contributed by atoms with Gasteiger partial charge in [0.15, 0.2) is 18.9 Å². The first-order chi connectivity index (χ1) is 55.8. The molecule has 3 saturated heterocycles. The molecule has 0 aromatic rings. The Kier molecular flexibility index (Phi) is 69.7. The summed E-state index contributed by atoms with van der Waals surface area (Å²) in [6.45, 7) is 1.79. The van der Waals surface area contributed by atoms with Gasteiger partial charge in [-0.3, -0.25) is 4.79 Å². The van der Waals surface area contributed by atoms with Gasteiger partial charge in [0.2, 0.25) is 5.91 Å². The molecule has 19 nitrogen and oxygen atoms in total. The van der Waals surface area contributed by atoms with Crippen LogP contribution in [0.1, 0.15) is 431 Å². The van der Waals surface area contributed by atoms with Gasteiger partial charge in [0, 0.05) is 6.42 Å². The predicted molar refractivity (Wildman–Crippen MR) is 462 cm³/mol. The van der Waals surface area contributed by atoms with Crippen molar-refractivity contribution in [3.8, 4) is 0 Å². The number of hydrogen-bond acceptors (Lipinski definition) is 18. The number of nitrogens with one attached hydrogen (secondary N) is 1. The second-order valence-electron chi connectivity index (χ2n) is 34.5. The molecule has 0 radical (unpaired) electrons. The number of aliphatic hydroxyl groups is 11. The van der Waals surface area contributed by atoms with Crippen molar-refractivity contribution in [3.05, 3.63) is 36.5 Å². The monoisotopic (exact) mass is 1620 g/mol. The lowest BCUT2D eigenvalue weighted by Gasteiger charge is -2.48. The molecular formula is C95H179NO18. The van der Waals surface area contributed by atoms with Crippen molar-refractivity contribution < 1.29 is 89.4 Å². The van der Waals surface area contributed by atoms with Gasteiger partial charge < -0.3 is 89.9 Å². The first kappa shape index (κ1) is 106. The largest absolute Gasteiger partial charge is 0.394 e. The Morgan fingerprint density at radius 1 is 0.307 bits per heavy atom. The number of amides is 1. The lowest BCUT2D eigenvalue weighted by molar-refractivity contribution is -0.379. The highest BCUT2D eigenvalue weighted by Crippen LogP contribution is 2.34. The van der Waals surface area contributed by atoms with Crippen LogP contribution < -0.4 is 5.32 Å². The molecule has 0 aromatic carbocycles. The number of unbranched alkanes of at least 4 members (excludes halogenated alkanes) is 60. The van der Waals surface area contributed by atoms with Crippen LogP contribution in [0.2, 0.25) is 0 Å². The number of carbonyl (C=O) groups is 1. The van der Waals surface area contributed by atoms with Crippen LogP contribution in [-0.2, 0) is 33.2 Å². The van der Waals surface area contributed by atoms with Gasteiger partial charge in [-0.1, -0.05) is 416 Å². The maximum atomic E-state index is 13.5. The average molecular weight is 1620 g/mol. The van der Waals surface area contributed by atoms with Gasteiger partial charge in [0.25, 0.3) is 0 Å². The van der Waals surface area contributed by atoms with E-state index in [4.69, 9.17) is 28.4 Å². The van der Waals surface area contributed by atoms with Gasteiger partial charge in [0.1, 0.15) is 73.2 Å². The highest BCUT2D eigenvalue weighted by molar-refractivity contribution is 5.76. The lowest BCUT2D eigenvalue weighted by atomic mass is 9.96. The van der Waals surface area contributed by atoms with E-state index in [1.54, 1.807) is 6.08 Å². The Hall–Kier alpha value is -1.99. The standard InChI is InChI=1S/C95H179NO18/c1-3-5-7-9-11-13-15-17-19-21-23-25-27-29-31-33-35-36-37-38-39-40-41-43-45-47-49-51-53-55-57-59-61-63-65-67-69-71-73-83(101)96-78(79(100)72-70-68-66-64-62-60-58-56-54-52-50-48-46-44-42-34-32-30-28-26-24-22-20-18-16-14-12-10-8-6-4-2)77-109-93-89(107)86(104)91(81(75-98)111-93)114-95-90(108)87(105)92(82(76-99)112-95)113-94-88(106)85(103)84(102)80(74-97)110-94/h54,56,62,64,70,72,78-82,84-95,97-100,102-108H,3-53,55,57-61,63,65-69,71,73-77H2,1-2H3,(H,96,101)/b56-54+,64-62+,72-70+. The molecule has 3 aliphatic heterocycles. The molecule has 17 unspecified atom stereocenters. The fraction of sp³-hybridized carbons (Fsp3) is 0.926. The van der Waals surface area contributed by atoms with Crippen LogP contribution in [-0.4, -0.2) is 193 Å². The summed E-state index contributed by atoms with van der Waals surface area (Å²) in [7, 11) is 0. The van der Waals surface area contributed by atoms with Gasteiger partial charge in [-0.25, -0.2) is 0 Å². The molecule has 0 spiro atoms. The van der Waals surface area contributed by atoms with Gasteiger partial charge >= 0.3 is 0 Å². The summed E-state index contributed by atoms with van der Waals surface area (Å²) in [5.41, 5.74) is 0. The average Bonchev–Trinajstić information content (AvgIpc) is 0.783. The van der Waals surface area contributed by atoms with Crippen molar-refractivity contribution in [1.82, 2.24) is 5.32 Å². The van der Waals surface area contributed by atoms with Crippen molar-refractivity contribution in [2.75, 3.05) is 26.4 Å². The Morgan fingerprint density at radius 3 is 0.877 bits per heavy atom. The quantitative estimate of drug-likeness (QED) is 0.0199. The predicted octanol–water partition coefficient (Wildman–Crippen LogP) is 19.4. The van der Waals surface area contributed by atoms with E-state index < -0.39 is 124 Å². The molecule has 114 heavy (non-hydrogen) atoms. The highest BCUT2D eigenvalue weighted by Gasteiger charge is 2.54. The van der Waals surface area contributed by atoms with Crippen LogP contribution in [0, 0.1) is 0 Å². The summed E-state index contributed by atoms with van der Waals surface area (Å²) >= 11 is 0. The lowest BCUT2D eigenvalue weighted by Crippen LogP contribution is -2.66. The van der Waals surface area contributed by atoms with Gasteiger partial charge in [0.05, 0.1) is 38.6 Å². The van der Waals surface area contributed by atoms with Gasteiger partial charge in [-0.2, -0.15) is 0 Å². The molecule has 3 fully saturated rings. The third-order valence-corrected chi connectivity index (χ3v) is 24.2. The molecule has 12 N–H and O–H groups in total. The van der Waals surface area contributed by atoms with Gasteiger partial charge in [-0.15, -0.1) is 0 Å². The van der Waals surface area contributed by atoms with Crippen LogP contribution in [0.3, 0.4) is 0 Å². The summed E-state index contributed by atoms with van der Waals surface area (Å²) in [4.78, 5) is 13.5. The molecule has 0 saturated carbocycles. The van der Waals surface area contributed by atoms with Crippen molar-refractivity contribution >= 4 is 5.91 Å². The van der Waals surface area contributed by atoms with E-state index in [0.717, 1.165) is 44.9 Å². The zero-order valence-corrected chi connectivity index (χ0v) is 72.8. The smallest absolute Gasteiger partial charge is 0.220 e. The van der Waals surface area contributed by atoms with Crippen molar-refractivity contribution in [2.45, 2.75) is 535 Å². The van der Waals surface area contributed by atoms with Crippen LogP contribution in [0.4, 0.5) is 0 Å². The van der Waals surface area contributed by atoms with E-state index in [9.17, 15) is 61.0 Å². The normalized spacial score (nSPS) is 24.8. The topological polar surface area (TPSA) is 307 Å². The zero-order valence-electron chi connectivity index (χ0n) is 72.8.